The first-order valence-corrected chi connectivity index (χ1v) is 13.6. The Bertz CT molecular complexity index is 1360. The standard InChI is InChI=1S/C32H32N2O3S/c1-3-4-21-37-27-19-17-25(18-20-27)33-32(36)30(24-12-6-5-7-13-24)38-28-15-10-14-26(22-28)34-31(35)29-16-9-8-11-23(29)2/h5-20,22,30H,3-4,21H2,1-2H3,(H,33,36)(H,34,35). The molecular weight excluding hydrogens is 492 g/mol. The molecule has 0 bridgehead atoms. The van der Waals surface area contributed by atoms with Crippen LogP contribution in [0.4, 0.5) is 11.4 Å². The van der Waals surface area contributed by atoms with Crippen molar-refractivity contribution in [3.63, 3.8) is 0 Å². The summed E-state index contributed by atoms with van der Waals surface area (Å²) in [6.45, 7) is 4.72. The molecule has 1 atom stereocenters. The van der Waals surface area contributed by atoms with Crippen molar-refractivity contribution < 1.29 is 14.3 Å². The van der Waals surface area contributed by atoms with E-state index in [1.54, 1.807) is 0 Å². The van der Waals surface area contributed by atoms with Crippen LogP contribution in [-0.2, 0) is 4.79 Å². The van der Waals surface area contributed by atoms with Crippen molar-refractivity contribution in [1.82, 2.24) is 0 Å². The zero-order valence-electron chi connectivity index (χ0n) is 21.6. The van der Waals surface area contributed by atoms with Gasteiger partial charge >= 0.3 is 0 Å². The lowest BCUT2D eigenvalue weighted by molar-refractivity contribution is -0.115. The molecule has 38 heavy (non-hydrogen) atoms. The molecular formula is C32H32N2O3S. The molecule has 1 unspecified atom stereocenters. The Labute approximate surface area is 228 Å². The third kappa shape index (κ3) is 7.49. The lowest BCUT2D eigenvalue weighted by Crippen LogP contribution is -2.19. The average Bonchev–Trinajstić information content (AvgIpc) is 2.93. The van der Waals surface area contributed by atoms with Crippen LogP contribution in [0.1, 0.15) is 46.5 Å². The predicted octanol–water partition coefficient (Wildman–Crippen LogP) is 7.90. The predicted molar refractivity (Wildman–Crippen MR) is 156 cm³/mol. The zero-order valence-corrected chi connectivity index (χ0v) is 22.5. The Hall–Kier alpha value is -4.03. The lowest BCUT2D eigenvalue weighted by Gasteiger charge is -2.18. The van der Waals surface area contributed by atoms with Gasteiger partial charge in [-0.1, -0.05) is 67.9 Å². The number of amides is 2. The molecule has 0 aliphatic heterocycles. The summed E-state index contributed by atoms with van der Waals surface area (Å²) in [4.78, 5) is 27.1. The van der Waals surface area contributed by atoms with Gasteiger partial charge in [-0.3, -0.25) is 9.59 Å². The fraction of sp³-hybridized carbons (Fsp3) is 0.188. The van der Waals surface area contributed by atoms with Gasteiger partial charge in [0.1, 0.15) is 11.0 Å². The molecule has 5 nitrogen and oxygen atoms in total. The minimum atomic E-state index is -0.487. The summed E-state index contributed by atoms with van der Waals surface area (Å²) in [5.41, 5.74) is 3.82. The van der Waals surface area contributed by atoms with E-state index < -0.39 is 5.25 Å². The minimum Gasteiger partial charge on any atom is -0.494 e. The van der Waals surface area contributed by atoms with Crippen molar-refractivity contribution in [2.24, 2.45) is 0 Å². The summed E-state index contributed by atoms with van der Waals surface area (Å²) in [5, 5.41) is 5.54. The molecule has 2 amide bonds. The van der Waals surface area contributed by atoms with Crippen LogP contribution in [0.3, 0.4) is 0 Å². The molecule has 0 saturated heterocycles. The number of thioether (sulfide) groups is 1. The van der Waals surface area contributed by atoms with Crippen molar-refractivity contribution in [1.29, 1.82) is 0 Å². The van der Waals surface area contributed by atoms with Gasteiger partial charge in [0.05, 0.1) is 6.61 Å². The van der Waals surface area contributed by atoms with Crippen LogP contribution >= 0.6 is 11.8 Å². The van der Waals surface area contributed by atoms with E-state index in [4.69, 9.17) is 4.74 Å². The van der Waals surface area contributed by atoms with Crippen LogP contribution in [0.5, 0.6) is 5.75 Å². The van der Waals surface area contributed by atoms with Crippen molar-refractivity contribution >= 4 is 35.0 Å². The summed E-state index contributed by atoms with van der Waals surface area (Å²) < 4.78 is 5.73. The van der Waals surface area contributed by atoms with E-state index in [1.807, 2.05) is 110 Å². The lowest BCUT2D eigenvalue weighted by atomic mass is 10.1. The number of ether oxygens (including phenoxy) is 1. The summed E-state index contributed by atoms with van der Waals surface area (Å²) >= 11 is 1.44. The van der Waals surface area contributed by atoms with Gasteiger partial charge in [0.25, 0.3) is 5.91 Å². The van der Waals surface area contributed by atoms with E-state index in [0.29, 0.717) is 23.5 Å². The van der Waals surface area contributed by atoms with Crippen LogP contribution in [0.2, 0.25) is 0 Å². The van der Waals surface area contributed by atoms with Gasteiger partial charge in [0.15, 0.2) is 0 Å². The van der Waals surface area contributed by atoms with Gasteiger partial charge < -0.3 is 15.4 Å². The van der Waals surface area contributed by atoms with Crippen molar-refractivity contribution in [3.8, 4) is 5.75 Å². The first kappa shape index (κ1) is 27.0. The maximum Gasteiger partial charge on any atom is 0.255 e. The Kier molecular flexibility index (Phi) is 9.59. The highest BCUT2D eigenvalue weighted by Crippen LogP contribution is 2.37. The highest BCUT2D eigenvalue weighted by molar-refractivity contribution is 8.00. The number of carbonyl (C=O) groups excluding carboxylic acids is 2. The van der Waals surface area contributed by atoms with Gasteiger partial charge in [-0.25, -0.2) is 0 Å². The second-order valence-electron chi connectivity index (χ2n) is 8.92. The smallest absolute Gasteiger partial charge is 0.255 e. The number of hydrogen-bond donors (Lipinski definition) is 2. The fourth-order valence-corrected chi connectivity index (χ4v) is 4.97. The Morgan fingerprint density at radius 3 is 2.29 bits per heavy atom. The third-order valence-electron chi connectivity index (χ3n) is 5.96. The van der Waals surface area contributed by atoms with Crippen LogP contribution in [0.25, 0.3) is 0 Å². The highest BCUT2D eigenvalue weighted by atomic mass is 32.2. The topological polar surface area (TPSA) is 67.4 Å². The van der Waals surface area contributed by atoms with E-state index in [0.717, 1.165) is 34.6 Å². The maximum absolute atomic E-state index is 13.5. The minimum absolute atomic E-state index is 0.129. The molecule has 0 saturated carbocycles. The van der Waals surface area contributed by atoms with Crippen LogP contribution in [0, 0.1) is 6.92 Å². The molecule has 0 radical (unpaired) electrons. The van der Waals surface area contributed by atoms with Gasteiger partial charge in [-0.05, 0) is 73.0 Å². The summed E-state index contributed by atoms with van der Waals surface area (Å²) in [6.07, 6.45) is 2.08. The van der Waals surface area contributed by atoms with Crippen LogP contribution in [0.15, 0.2) is 108 Å². The molecule has 2 N–H and O–H groups in total. The average molecular weight is 525 g/mol. The quantitative estimate of drug-likeness (QED) is 0.155. The number of benzene rings is 4. The van der Waals surface area contributed by atoms with E-state index in [9.17, 15) is 9.59 Å². The summed E-state index contributed by atoms with van der Waals surface area (Å²) in [7, 11) is 0. The first-order chi connectivity index (χ1) is 18.5. The van der Waals surface area contributed by atoms with Gasteiger partial charge in [0, 0.05) is 21.8 Å². The molecule has 0 heterocycles. The monoisotopic (exact) mass is 524 g/mol. The van der Waals surface area contributed by atoms with Gasteiger partial charge in [0.2, 0.25) is 5.91 Å². The SMILES string of the molecule is CCCCOc1ccc(NC(=O)C(Sc2cccc(NC(=O)c3ccccc3C)c2)c2ccccc2)cc1. The number of aryl methyl sites for hydroxylation is 1. The molecule has 4 rings (SSSR count). The molecule has 4 aromatic carbocycles. The highest BCUT2D eigenvalue weighted by Gasteiger charge is 2.22. The number of hydrogen-bond acceptors (Lipinski definition) is 4. The van der Waals surface area contributed by atoms with E-state index in [1.165, 1.54) is 11.8 Å². The second-order valence-corrected chi connectivity index (χ2v) is 10.1. The molecule has 4 aromatic rings. The zero-order chi connectivity index (χ0) is 26.7. The molecule has 6 heteroatoms. The molecule has 194 valence electrons. The Morgan fingerprint density at radius 2 is 1.55 bits per heavy atom. The number of anilines is 2. The van der Waals surface area contributed by atoms with E-state index >= 15 is 0 Å². The normalized spacial score (nSPS) is 11.4. The number of carbonyl (C=O) groups is 2. The van der Waals surface area contributed by atoms with Crippen LogP contribution in [-0.4, -0.2) is 18.4 Å². The number of unbranched alkanes of at least 4 members (excludes halogenated alkanes) is 1. The maximum atomic E-state index is 13.5. The van der Waals surface area contributed by atoms with Crippen molar-refractivity contribution in [2.45, 2.75) is 36.8 Å². The number of nitrogens with one attached hydrogen (secondary N) is 2. The molecule has 0 aliphatic carbocycles. The largest absolute Gasteiger partial charge is 0.494 e. The van der Waals surface area contributed by atoms with E-state index in [-0.39, 0.29) is 11.8 Å². The second kappa shape index (κ2) is 13.5. The molecule has 0 aliphatic rings. The molecule has 0 spiro atoms. The van der Waals surface area contributed by atoms with Gasteiger partial charge in [-0.15, -0.1) is 11.8 Å². The molecule has 0 aromatic heterocycles. The van der Waals surface area contributed by atoms with E-state index in [2.05, 4.69) is 17.6 Å². The van der Waals surface area contributed by atoms with Gasteiger partial charge in [-0.2, -0.15) is 0 Å². The summed E-state index contributed by atoms with van der Waals surface area (Å²) in [6, 6.07) is 32.2. The third-order valence-corrected chi connectivity index (χ3v) is 7.21. The number of rotatable bonds is 11. The van der Waals surface area contributed by atoms with Crippen molar-refractivity contribution in [3.05, 3.63) is 120 Å². The summed E-state index contributed by atoms with van der Waals surface area (Å²) in [5.74, 6) is 0.495. The first-order valence-electron chi connectivity index (χ1n) is 12.8. The Morgan fingerprint density at radius 1 is 0.816 bits per heavy atom. The molecule has 0 fully saturated rings. The fourth-order valence-electron chi connectivity index (χ4n) is 3.89. The van der Waals surface area contributed by atoms with Crippen molar-refractivity contribution in [2.75, 3.05) is 17.2 Å². The Balaban J connectivity index is 1.48. The van der Waals surface area contributed by atoms with Crippen LogP contribution < -0.4 is 15.4 Å².